The van der Waals surface area contributed by atoms with E-state index in [2.05, 4.69) is 17.1 Å². The number of phenols is 1. The van der Waals surface area contributed by atoms with E-state index in [4.69, 9.17) is 4.74 Å². The monoisotopic (exact) mass is 481 g/mol. The molecule has 1 amide bonds. The number of fused-ring (bicyclic) bond motifs is 1. The number of nitrogens with one attached hydrogen (secondary N) is 1. The third-order valence-corrected chi connectivity index (χ3v) is 6.72. The zero-order valence-corrected chi connectivity index (χ0v) is 20.9. The van der Waals surface area contributed by atoms with Crippen molar-refractivity contribution in [3.05, 3.63) is 100 Å². The molecule has 1 unspecified atom stereocenters. The molecule has 1 aliphatic rings. The van der Waals surface area contributed by atoms with Crippen LogP contribution in [0, 0.1) is 13.8 Å². The number of aromatic hydroxyl groups is 1. The Bertz CT molecular complexity index is 1380. The molecular formula is C30H31N3O3. The molecule has 0 fully saturated rings. The standard InChI is InChI=1S/C30H31N3O3/c1-4-5-15-36-23-13-11-22(12-14-23)28-25-26(24-17-19(2)16-20(3)29(24)34)31-32-27(25)30(35)33(28)18-21-9-7-6-8-10-21/h6-14,16-17,28,34H,4-5,15,18H2,1-3H3,(H,31,32). The molecule has 5 rings (SSSR count). The van der Waals surface area contributed by atoms with E-state index in [0.717, 1.165) is 46.4 Å². The Labute approximate surface area is 211 Å². The predicted molar refractivity (Wildman–Crippen MR) is 140 cm³/mol. The van der Waals surface area contributed by atoms with E-state index in [0.29, 0.717) is 30.1 Å². The Morgan fingerprint density at radius 3 is 2.53 bits per heavy atom. The average molecular weight is 482 g/mol. The Balaban J connectivity index is 1.60. The third-order valence-electron chi connectivity index (χ3n) is 6.72. The number of phenolic OH excluding ortho intramolecular Hbond substituents is 1. The van der Waals surface area contributed by atoms with E-state index < -0.39 is 0 Å². The van der Waals surface area contributed by atoms with Gasteiger partial charge in [0.1, 0.15) is 22.9 Å². The van der Waals surface area contributed by atoms with Crippen molar-refractivity contribution < 1.29 is 14.6 Å². The number of aryl methyl sites for hydroxylation is 2. The van der Waals surface area contributed by atoms with Gasteiger partial charge in [-0.15, -0.1) is 0 Å². The lowest BCUT2D eigenvalue weighted by atomic mass is 9.94. The van der Waals surface area contributed by atoms with Gasteiger partial charge in [0.15, 0.2) is 0 Å². The molecule has 0 saturated heterocycles. The van der Waals surface area contributed by atoms with Crippen molar-refractivity contribution in [3.8, 4) is 22.8 Å². The molecule has 1 aliphatic heterocycles. The molecule has 0 saturated carbocycles. The summed E-state index contributed by atoms with van der Waals surface area (Å²) in [7, 11) is 0. The minimum atomic E-state index is -0.355. The summed E-state index contributed by atoms with van der Waals surface area (Å²) in [5, 5.41) is 18.4. The Hall–Kier alpha value is -4.06. The fraction of sp³-hybridized carbons (Fsp3) is 0.267. The minimum Gasteiger partial charge on any atom is -0.507 e. The summed E-state index contributed by atoms with van der Waals surface area (Å²) < 4.78 is 5.87. The van der Waals surface area contributed by atoms with Crippen LogP contribution in [-0.4, -0.2) is 32.7 Å². The van der Waals surface area contributed by atoms with Gasteiger partial charge < -0.3 is 14.7 Å². The van der Waals surface area contributed by atoms with Crippen LogP contribution in [0.5, 0.6) is 11.5 Å². The van der Waals surface area contributed by atoms with Crippen LogP contribution in [0.4, 0.5) is 0 Å². The summed E-state index contributed by atoms with van der Waals surface area (Å²) in [6.45, 7) is 7.14. The molecule has 0 aliphatic carbocycles. The molecule has 0 bridgehead atoms. The van der Waals surface area contributed by atoms with Crippen LogP contribution in [0.1, 0.15) is 64.1 Å². The SMILES string of the molecule is CCCCOc1ccc(C2c3c(-c4cc(C)cc(C)c4O)n[nH]c3C(=O)N2Cc2ccccc2)cc1. The van der Waals surface area contributed by atoms with E-state index in [1.807, 2.05) is 85.5 Å². The fourth-order valence-electron chi connectivity index (χ4n) is 4.91. The molecule has 36 heavy (non-hydrogen) atoms. The van der Waals surface area contributed by atoms with Crippen LogP contribution < -0.4 is 4.74 Å². The van der Waals surface area contributed by atoms with Crippen LogP contribution >= 0.6 is 0 Å². The highest BCUT2D eigenvalue weighted by Gasteiger charge is 2.42. The number of hydrogen-bond donors (Lipinski definition) is 2. The molecular weight excluding hydrogens is 450 g/mol. The van der Waals surface area contributed by atoms with Crippen LogP contribution in [-0.2, 0) is 6.54 Å². The van der Waals surface area contributed by atoms with Gasteiger partial charge in [-0.1, -0.05) is 61.9 Å². The first-order valence-corrected chi connectivity index (χ1v) is 12.4. The number of ether oxygens (including phenoxy) is 1. The van der Waals surface area contributed by atoms with Crippen molar-refractivity contribution in [2.75, 3.05) is 6.61 Å². The van der Waals surface area contributed by atoms with Crippen LogP contribution in [0.2, 0.25) is 0 Å². The minimum absolute atomic E-state index is 0.107. The lowest BCUT2D eigenvalue weighted by molar-refractivity contribution is 0.0730. The summed E-state index contributed by atoms with van der Waals surface area (Å²) in [5.41, 5.74) is 6.29. The van der Waals surface area contributed by atoms with Crippen LogP contribution in [0.3, 0.4) is 0 Å². The van der Waals surface area contributed by atoms with Gasteiger partial charge in [-0.05, 0) is 60.7 Å². The predicted octanol–water partition coefficient (Wildman–Crippen LogP) is 6.32. The Kier molecular flexibility index (Phi) is 6.51. The largest absolute Gasteiger partial charge is 0.507 e. The van der Waals surface area contributed by atoms with Gasteiger partial charge in [0.25, 0.3) is 5.91 Å². The van der Waals surface area contributed by atoms with Crippen LogP contribution in [0.15, 0.2) is 66.7 Å². The number of H-pyrrole nitrogens is 1. The second-order valence-corrected chi connectivity index (χ2v) is 9.43. The number of aromatic amines is 1. The molecule has 1 aromatic heterocycles. The number of amides is 1. The number of unbranched alkanes of at least 4 members (excludes halogenated alkanes) is 1. The first kappa shape index (κ1) is 23.7. The quantitative estimate of drug-likeness (QED) is 0.289. The number of carbonyl (C=O) groups is 1. The van der Waals surface area contributed by atoms with Crippen molar-refractivity contribution in [2.45, 2.75) is 46.2 Å². The van der Waals surface area contributed by atoms with Crippen molar-refractivity contribution in [3.63, 3.8) is 0 Å². The lowest BCUT2D eigenvalue weighted by Gasteiger charge is -2.27. The van der Waals surface area contributed by atoms with Gasteiger partial charge in [-0.2, -0.15) is 5.10 Å². The normalized spacial score (nSPS) is 14.8. The first-order chi connectivity index (χ1) is 17.5. The number of rotatable bonds is 8. The second-order valence-electron chi connectivity index (χ2n) is 9.43. The van der Waals surface area contributed by atoms with Gasteiger partial charge in [0, 0.05) is 17.7 Å². The summed E-state index contributed by atoms with van der Waals surface area (Å²) in [5.74, 6) is 0.887. The maximum Gasteiger partial charge on any atom is 0.273 e. The van der Waals surface area contributed by atoms with Crippen molar-refractivity contribution in [1.82, 2.24) is 15.1 Å². The lowest BCUT2D eigenvalue weighted by Crippen LogP contribution is -2.29. The number of carbonyl (C=O) groups excluding carboxylic acids is 1. The fourth-order valence-corrected chi connectivity index (χ4v) is 4.91. The smallest absolute Gasteiger partial charge is 0.273 e. The van der Waals surface area contributed by atoms with E-state index in [1.165, 1.54) is 0 Å². The van der Waals surface area contributed by atoms with Gasteiger partial charge >= 0.3 is 0 Å². The zero-order valence-electron chi connectivity index (χ0n) is 20.9. The maximum atomic E-state index is 13.7. The number of nitrogens with zero attached hydrogens (tertiary/aromatic N) is 2. The molecule has 4 aromatic rings. The third kappa shape index (κ3) is 4.35. The first-order valence-electron chi connectivity index (χ1n) is 12.4. The molecule has 3 aromatic carbocycles. The maximum absolute atomic E-state index is 13.7. The second kappa shape index (κ2) is 9.90. The van der Waals surface area contributed by atoms with Gasteiger partial charge in [-0.3, -0.25) is 9.89 Å². The molecule has 0 radical (unpaired) electrons. The molecule has 1 atom stereocenters. The highest BCUT2D eigenvalue weighted by Crippen LogP contribution is 2.46. The summed E-state index contributed by atoms with van der Waals surface area (Å²) in [6.07, 6.45) is 2.08. The molecule has 6 nitrogen and oxygen atoms in total. The molecule has 6 heteroatoms. The van der Waals surface area contributed by atoms with Crippen LogP contribution in [0.25, 0.3) is 11.3 Å². The topological polar surface area (TPSA) is 78.5 Å². The zero-order chi connectivity index (χ0) is 25.2. The van der Waals surface area contributed by atoms with E-state index >= 15 is 0 Å². The Morgan fingerprint density at radius 2 is 1.81 bits per heavy atom. The van der Waals surface area contributed by atoms with Crippen molar-refractivity contribution in [1.29, 1.82) is 0 Å². The number of aromatic nitrogens is 2. The highest BCUT2D eigenvalue weighted by molar-refractivity contribution is 6.00. The van der Waals surface area contributed by atoms with Gasteiger partial charge in [0.2, 0.25) is 0 Å². The molecule has 2 heterocycles. The van der Waals surface area contributed by atoms with Gasteiger partial charge in [-0.25, -0.2) is 0 Å². The average Bonchev–Trinajstić information content (AvgIpc) is 3.42. The Morgan fingerprint density at radius 1 is 1.06 bits per heavy atom. The van der Waals surface area contributed by atoms with E-state index in [1.54, 1.807) is 0 Å². The number of benzene rings is 3. The van der Waals surface area contributed by atoms with E-state index in [9.17, 15) is 9.90 Å². The summed E-state index contributed by atoms with van der Waals surface area (Å²) in [4.78, 5) is 15.5. The van der Waals surface area contributed by atoms with Crippen molar-refractivity contribution >= 4 is 5.91 Å². The number of hydrogen-bond acceptors (Lipinski definition) is 4. The van der Waals surface area contributed by atoms with Crippen molar-refractivity contribution in [2.24, 2.45) is 0 Å². The summed E-state index contributed by atoms with van der Waals surface area (Å²) in [6, 6.07) is 21.4. The molecule has 184 valence electrons. The van der Waals surface area contributed by atoms with Gasteiger partial charge in [0.05, 0.1) is 12.6 Å². The highest BCUT2D eigenvalue weighted by atomic mass is 16.5. The molecule has 2 N–H and O–H groups in total. The molecule has 0 spiro atoms. The summed E-state index contributed by atoms with van der Waals surface area (Å²) >= 11 is 0. The van der Waals surface area contributed by atoms with E-state index in [-0.39, 0.29) is 17.7 Å².